The molecule has 0 bridgehead atoms. The predicted octanol–water partition coefficient (Wildman–Crippen LogP) is 14.8. The highest BCUT2D eigenvalue weighted by atomic mass is 16.5. The predicted molar refractivity (Wildman–Crippen MR) is 271 cm³/mol. The quantitative estimate of drug-likeness (QED) is 0.129. The Bertz CT molecular complexity index is 2950. The largest absolute Gasteiger partial charge is 0.490 e. The lowest BCUT2D eigenvalue weighted by atomic mass is 9.74. The monoisotopic (exact) mass is 848 g/mol. The molecule has 10 aromatic carbocycles. The molecule has 2 unspecified atom stereocenters. The topological polar surface area (TPSA) is 58.9 Å². The molecular weight excluding hydrogens is 797 g/mol. The van der Waals surface area contributed by atoms with Crippen LogP contribution >= 0.6 is 0 Å². The van der Waals surface area contributed by atoms with Gasteiger partial charge >= 0.3 is 0 Å². The summed E-state index contributed by atoms with van der Waals surface area (Å²) in [6.07, 6.45) is -1.34. The first kappa shape index (κ1) is 41.8. The van der Waals surface area contributed by atoms with Gasteiger partial charge in [0.2, 0.25) is 0 Å². The van der Waals surface area contributed by atoms with Gasteiger partial charge in [-0.25, -0.2) is 0 Å². The fourth-order valence-electron chi connectivity index (χ4n) is 9.15. The van der Waals surface area contributed by atoms with Gasteiger partial charge in [0.05, 0.1) is 12.2 Å². The number of benzene rings is 10. The normalized spacial score (nSPS) is 12.8. The van der Waals surface area contributed by atoms with Crippen LogP contribution in [-0.2, 0) is 5.41 Å². The van der Waals surface area contributed by atoms with Gasteiger partial charge in [-0.05, 0) is 139 Å². The molecule has 65 heavy (non-hydrogen) atoms. The lowest BCUT2D eigenvalue weighted by Gasteiger charge is -2.31. The number of ether oxygens (including phenoxy) is 2. The van der Waals surface area contributed by atoms with Gasteiger partial charge in [0, 0.05) is 27.7 Å². The van der Waals surface area contributed by atoms with Gasteiger partial charge in [0.1, 0.15) is 24.7 Å². The summed E-state index contributed by atoms with van der Waals surface area (Å²) in [4.78, 5) is 0. The van der Waals surface area contributed by atoms with Crippen LogP contribution in [-0.4, -0.2) is 35.6 Å². The number of rotatable bonds is 12. The number of hydrogen-bond donors (Lipinski definition) is 2. The minimum absolute atomic E-state index is 0.141. The molecule has 0 heterocycles. The van der Waals surface area contributed by atoms with E-state index >= 15 is 0 Å². The Morgan fingerprint density at radius 2 is 0.600 bits per heavy atom. The van der Waals surface area contributed by atoms with Crippen molar-refractivity contribution >= 4 is 43.1 Å². The Kier molecular flexibility index (Phi) is 11.2. The molecule has 0 radical (unpaired) electrons. The van der Waals surface area contributed by atoms with E-state index in [1.807, 2.05) is 0 Å². The van der Waals surface area contributed by atoms with Crippen LogP contribution in [0.5, 0.6) is 11.5 Å². The second-order valence-electron chi connectivity index (χ2n) is 18.0. The second kappa shape index (κ2) is 17.4. The Labute approximate surface area is 381 Å². The molecule has 0 aliphatic carbocycles. The van der Waals surface area contributed by atoms with Crippen LogP contribution in [0.25, 0.3) is 87.6 Å². The molecule has 10 rings (SSSR count). The Balaban J connectivity index is 1.25. The molecule has 0 saturated heterocycles. The Morgan fingerprint density at radius 3 is 0.846 bits per heavy atom. The highest BCUT2D eigenvalue weighted by Gasteiger charge is 2.30. The van der Waals surface area contributed by atoms with Crippen LogP contribution in [0.4, 0.5) is 0 Å². The molecule has 0 aliphatic rings. The van der Waals surface area contributed by atoms with Gasteiger partial charge in [-0.1, -0.05) is 159 Å². The summed E-state index contributed by atoms with van der Waals surface area (Å²) in [5.74, 6) is 1.46. The van der Waals surface area contributed by atoms with Crippen LogP contribution < -0.4 is 9.47 Å². The summed E-state index contributed by atoms with van der Waals surface area (Å²) in [5.41, 5.74) is 9.52. The van der Waals surface area contributed by atoms with E-state index in [2.05, 4.69) is 208 Å². The lowest BCUT2D eigenvalue weighted by Crippen LogP contribution is -2.21. The molecule has 0 fully saturated rings. The average molecular weight is 849 g/mol. The van der Waals surface area contributed by atoms with E-state index in [0.29, 0.717) is 0 Å². The van der Waals surface area contributed by atoms with Crippen LogP contribution in [0.2, 0.25) is 0 Å². The van der Waals surface area contributed by atoms with Crippen molar-refractivity contribution in [3.05, 3.63) is 205 Å². The smallest absolute Gasteiger partial charge is 0.135 e. The van der Waals surface area contributed by atoms with Gasteiger partial charge < -0.3 is 19.7 Å². The zero-order chi connectivity index (χ0) is 44.7. The number of fused-ring (bicyclic) bond motifs is 4. The van der Waals surface area contributed by atoms with Crippen molar-refractivity contribution in [2.75, 3.05) is 13.2 Å². The van der Waals surface area contributed by atoms with Gasteiger partial charge in [-0.15, -0.1) is 0 Å². The highest BCUT2D eigenvalue weighted by Crippen LogP contribution is 2.49. The maximum atomic E-state index is 10.7. The van der Waals surface area contributed by atoms with Crippen LogP contribution in [0.1, 0.15) is 38.8 Å². The Hall–Kier alpha value is -7.24. The molecule has 0 amide bonds. The Morgan fingerprint density at radius 1 is 0.354 bits per heavy atom. The number of hydrogen-bond acceptors (Lipinski definition) is 4. The highest BCUT2D eigenvalue weighted by molar-refractivity contribution is 5.96. The maximum absolute atomic E-state index is 10.7. The summed E-state index contributed by atoms with van der Waals surface area (Å²) in [7, 11) is 0. The zero-order valence-corrected chi connectivity index (χ0v) is 37.3. The summed E-state index contributed by atoms with van der Waals surface area (Å²) >= 11 is 0. The number of aliphatic hydroxyl groups excluding tert-OH is 2. The van der Waals surface area contributed by atoms with E-state index < -0.39 is 17.6 Å². The van der Waals surface area contributed by atoms with Gasteiger partial charge in [-0.2, -0.15) is 0 Å². The molecule has 0 spiro atoms. The van der Waals surface area contributed by atoms with Crippen molar-refractivity contribution in [3.63, 3.8) is 0 Å². The van der Waals surface area contributed by atoms with E-state index in [9.17, 15) is 10.2 Å². The van der Waals surface area contributed by atoms with Crippen LogP contribution in [0, 0.1) is 0 Å². The van der Waals surface area contributed by atoms with E-state index in [1.165, 1.54) is 0 Å². The van der Waals surface area contributed by atoms with Gasteiger partial charge in [0.25, 0.3) is 0 Å². The average Bonchev–Trinajstić information content (AvgIpc) is 3.33. The third-order valence-corrected chi connectivity index (χ3v) is 12.8. The van der Waals surface area contributed by atoms with Crippen molar-refractivity contribution in [2.24, 2.45) is 0 Å². The first-order valence-electron chi connectivity index (χ1n) is 22.5. The standard InChI is InChI=1S/C61H52O4/c1-39(62)37-64-59-55(49-25-21-41-13-5-9-17-45(41)29-49)33-53(34-56(59)50-26-22-42-14-6-10-18-46(42)30-50)61(3,4)54-35-57(51-27-23-43-15-7-11-19-47(43)31-51)60(65-38-40(2)63)58(36-54)52-28-24-44-16-8-12-20-48(44)32-52/h5-36,39-40,62-63H,37-38H2,1-4H3. The minimum Gasteiger partial charge on any atom is -0.490 e. The molecule has 0 aromatic heterocycles. The van der Waals surface area contributed by atoms with Crippen molar-refractivity contribution in [3.8, 4) is 56.0 Å². The summed E-state index contributed by atoms with van der Waals surface area (Å²) < 4.78 is 13.5. The first-order chi connectivity index (χ1) is 31.6. The third-order valence-electron chi connectivity index (χ3n) is 12.8. The van der Waals surface area contributed by atoms with Gasteiger partial charge in [0.15, 0.2) is 0 Å². The molecule has 0 saturated carbocycles. The second-order valence-corrected chi connectivity index (χ2v) is 18.0. The van der Waals surface area contributed by atoms with E-state index in [-0.39, 0.29) is 13.2 Å². The summed E-state index contributed by atoms with van der Waals surface area (Å²) in [6, 6.07) is 69.3. The molecule has 320 valence electrons. The van der Waals surface area contributed by atoms with E-state index in [1.54, 1.807) is 13.8 Å². The minimum atomic E-state index is -0.670. The molecule has 0 aliphatic heterocycles. The fourth-order valence-corrected chi connectivity index (χ4v) is 9.15. The SMILES string of the molecule is CC(O)COc1c(-c2ccc3ccccc3c2)cc(C(C)(C)c2cc(-c3ccc4ccccc4c3)c(OCC(C)O)c(-c3ccc4ccccc4c3)c2)cc1-c1ccc2ccccc2c1. The molecule has 4 nitrogen and oxygen atoms in total. The van der Waals surface area contributed by atoms with Crippen molar-refractivity contribution < 1.29 is 19.7 Å². The van der Waals surface area contributed by atoms with Crippen molar-refractivity contribution in [2.45, 2.75) is 45.3 Å². The third kappa shape index (κ3) is 8.35. The van der Waals surface area contributed by atoms with E-state index in [4.69, 9.17) is 9.47 Å². The molecular formula is C61H52O4. The van der Waals surface area contributed by atoms with Crippen molar-refractivity contribution in [1.82, 2.24) is 0 Å². The van der Waals surface area contributed by atoms with Crippen LogP contribution in [0.3, 0.4) is 0 Å². The zero-order valence-electron chi connectivity index (χ0n) is 37.3. The number of aliphatic hydroxyl groups is 2. The molecule has 10 aromatic rings. The molecule has 2 N–H and O–H groups in total. The summed E-state index contributed by atoms with van der Waals surface area (Å²) in [6.45, 7) is 8.40. The van der Waals surface area contributed by atoms with Crippen molar-refractivity contribution in [1.29, 1.82) is 0 Å². The summed E-state index contributed by atoms with van der Waals surface area (Å²) in [5, 5.41) is 30.5. The first-order valence-corrected chi connectivity index (χ1v) is 22.5. The maximum Gasteiger partial charge on any atom is 0.135 e. The lowest BCUT2D eigenvalue weighted by molar-refractivity contribution is 0.123. The molecule has 4 heteroatoms. The fraction of sp³-hybridized carbons (Fsp3) is 0.148. The van der Waals surface area contributed by atoms with Crippen LogP contribution in [0.15, 0.2) is 194 Å². The molecule has 2 atom stereocenters. The van der Waals surface area contributed by atoms with E-state index in [0.717, 1.165) is 110 Å². The van der Waals surface area contributed by atoms with Gasteiger partial charge in [-0.3, -0.25) is 0 Å².